The molecule has 0 spiro atoms. The molecule has 1 aliphatic rings. The monoisotopic (exact) mass is 214 g/mol. The Hall–Kier alpha value is -1.33. The molecule has 1 aliphatic carbocycles. The number of benzene rings is 1. The van der Waals surface area contributed by atoms with Crippen molar-refractivity contribution < 1.29 is 0 Å². The lowest BCUT2D eigenvalue weighted by Crippen LogP contribution is -2.37. The maximum Gasteiger partial charge on any atom is 0.0764 e. The van der Waals surface area contributed by atoms with Crippen LogP contribution in [0.3, 0.4) is 0 Å². The second-order valence-electron chi connectivity index (χ2n) is 4.68. The number of hydrogen-bond acceptors (Lipinski definition) is 2. The van der Waals surface area contributed by atoms with Crippen molar-refractivity contribution in [2.75, 3.05) is 6.54 Å². The molecule has 2 heteroatoms. The van der Waals surface area contributed by atoms with Crippen LogP contribution in [0.2, 0.25) is 0 Å². The predicted molar refractivity (Wildman–Crippen MR) is 64.8 cm³/mol. The fourth-order valence-corrected chi connectivity index (χ4v) is 2.83. The van der Waals surface area contributed by atoms with Crippen LogP contribution in [0, 0.1) is 16.7 Å². The number of hydrogen-bond donors (Lipinski definition) is 1. The molecule has 0 radical (unpaired) electrons. The van der Waals surface area contributed by atoms with Crippen LogP contribution in [-0.4, -0.2) is 6.54 Å². The van der Waals surface area contributed by atoms with Crippen molar-refractivity contribution in [3.63, 3.8) is 0 Å². The van der Waals surface area contributed by atoms with E-state index in [1.165, 1.54) is 12.0 Å². The molecule has 2 atom stereocenters. The van der Waals surface area contributed by atoms with E-state index in [-0.39, 0.29) is 5.41 Å². The zero-order valence-electron chi connectivity index (χ0n) is 9.52. The molecule has 0 aliphatic heterocycles. The summed E-state index contributed by atoms with van der Waals surface area (Å²) in [6, 6.07) is 12.8. The highest BCUT2D eigenvalue weighted by molar-refractivity contribution is 5.26. The highest BCUT2D eigenvalue weighted by Crippen LogP contribution is 2.46. The Labute approximate surface area is 97.1 Å². The molecular weight excluding hydrogens is 196 g/mol. The first-order valence-electron chi connectivity index (χ1n) is 5.99. The molecular formula is C14H18N2. The molecule has 2 rings (SSSR count). The smallest absolute Gasteiger partial charge is 0.0764 e. The second kappa shape index (κ2) is 4.67. The SMILES string of the molecule is N#C[C@]1(CN)CCCC[C@@H]1c1ccccc1. The summed E-state index contributed by atoms with van der Waals surface area (Å²) in [7, 11) is 0. The number of rotatable bonds is 2. The summed E-state index contributed by atoms with van der Waals surface area (Å²) in [6.07, 6.45) is 4.38. The average molecular weight is 214 g/mol. The molecule has 0 saturated heterocycles. The minimum absolute atomic E-state index is 0.317. The molecule has 1 fully saturated rings. The van der Waals surface area contributed by atoms with Crippen molar-refractivity contribution in [3.8, 4) is 6.07 Å². The van der Waals surface area contributed by atoms with Crippen LogP contribution in [-0.2, 0) is 0 Å². The fourth-order valence-electron chi connectivity index (χ4n) is 2.83. The molecule has 0 aromatic heterocycles. The Morgan fingerprint density at radius 1 is 1.31 bits per heavy atom. The lowest BCUT2D eigenvalue weighted by atomic mass is 9.64. The highest BCUT2D eigenvalue weighted by Gasteiger charge is 2.40. The Bertz CT molecular complexity index is 379. The van der Waals surface area contributed by atoms with Crippen LogP contribution in [0.15, 0.2) is 30.3 Å². The van der Waals surface area contributed by atoms with Gasteiger partial charge in [-0.25, -0.2) is 0 Å². The Balaban J connectivity index is 2.34. The van der Waals surface area contributed by atoms with E-state index >= 15 is 0 Å². The van der Waals surface area contributed by atoms with Crippen molar-refractivity contribution in [1.29, 1.82) is 5.26 Å². The molecule has 0 unspecified atom stereocenters. The van der Waals surface area contributed by atoms with Crippen LogP contribution in [0.5, 0.6) is 0 Å². The van der Waals surface area contributed by atoms with Crippen molar-refractivity contribution in [2.45, 2.75) is 31.6 Å². The summed E-state index contributed by atoms with van der Waals surface area (Å²) in [5.74, 6) is 0.317. The van der Waals surface area contributed by atoms with Crippen molar-refractivity contribution >= 4 is 0 Å². The first kappa shape index (κ1) is 11.2. The predicted octanol–water partition coefficient (Wildman–Crippen LogP) is 2.81. The standard InChI is InChI=1S/C14H18N2/c15-10-14(11-16)9-5-4-8-13(14)12-6-2-1-3-7-12/h1-3,6-7,13H,4-5,8-10,15H2/t13-,14-/m1/s1. The molecule has 84 valence electrons. The van der Waals surface area contributed by atoms with Gasteiger partial charge in [-0.15, -0.1) is 0 Å². The van der Waals surface area contributed by atoms with E-state index in [1.54, 1.807) is 0 Å². The highest BCUT2D eigenvalue weighted by atomic mass is 14.6. The third-order valence-electron chi connectivity index (χ3n) is 3.82. The van der Waals surface area contributed by atoms with Gasteiger partial charge in [-0.1, -0.05) is 43.2 Å². The van der Waals surface area contributed by atoms with Crippen LogP contribution in [0.1, 0.15) is 37.2 Å². The Morgan fingerprint density at radius 2 is 2.06 bits per heavy atom. The maximum atomic E-state index is 9.44. The lowest BCUT2D eigenvalue weighted by Gasteiger charge is -2.38. The summed E-state index contributed by atoms with van der Waals surface area (Å²) >= 11 is 0. The van der Waals surface area contributed by atoms with E-state index in [0.717, 1.165) is 19.3 Å². The topological polar surface area (TPSA) is 49.8 Å². The largest absolute Gasteiger partial charge is 0.329 e. The summed E-state index contributed by atoms with van der Waals surface area (Å²) in [5, 5.41) is 9.44. The molecule has 0 amide bonds. The number of nitriles is 1. The fraction of sp³-hybridized carbons (Fsp3) is 0.500. The summed E-state index contributed by atoms with van der Waals surface area (Å²) in [6.45, 7) is 0.475. The normalized spacial score (nSPS) is 29.6. The van der Waals surface area contributed by atoms with Gasteiger partial charge < -0.3 is 5.73 Å². The Morgan fingerprint density at radius 3 is 2.69 bits per heavy atom. The van der Waals surface area contributed by atoms with E-state index in [9.17, 15) is 5.26 Å². The zero-order chi connectivity index (χ0) is 11.4. The van der Waals surface area contributed by atoms with Crippen LogP contribution >= 0.6 is 0 Å². The second-order valence-corrected chi connectivity index (χ2v) is 4.68. The maximum absolute atomic E-state index is 9.44. The van der Waals surface area contributed by atoms with Gasteiger partial charge in [0.15, 0.2) is 0 Å². The van der Waals surface area contributed by atoms with Gasteiger partial charge in [-0.2, -0.15) is 5.26 Å². The zero-order valence-corrected chi connectivity index (χ0v) is 9.52. The van der Waals surface area contributed by atoms with Gasteiger partial charge in [-0.05, 0) is 18.4 Å². The molecule has 1 aromatic carbocycles. The van der Waals surface area contributed by atoms with Crippen molar-refractivity contribution in [1.82, 2.24) is 0 Å². The summed E-state index contributed by atoms with van der Waals surface area (Å²) in [4.78, 5) is 0. The molecule has 2 N–H and O–H groups in total. The van der Waals surface area contributed by atoms with E-state index in [0.29, 0.717) is 12.5 Å². The number of nitrogens with two attached hydrogens (primary N) is 1. The van der Waals surface area contributed by atoms with E-state index in [1.807, 2.05) is 18.2 Å². The quantitative estimate of drug-likeness (QED) is 0.823. The van der Waals surface area contributed by atoms with Crippen LogP contribution in [0.4, 0.5) is 0 Å². The molecule has 0 bridgehead atoms. The molecule has 0 heterocycles. The van der Waals surface area contributed by atoms with E-state index in [2.05, 4.69) is 18.2 Å². The molecule has 1 saturated carbocycles. The molecule has 16 heavy (non-hydrogen) atoms. The average Bonchev–Trinajstić information content (AvgIpc) is 2.39. The Kier molecular flexibility index (Phi) is 3.26. The van der Waals surface area contributed by atoms with Gasteiger partial charge in [0.25, 0.3) is 0 Å². The minimum atomic E-state index is -0.334. The van der Waals surface area contributed by atoms with Gasteiger partial charge in [0.1, 0.15) is 0 Å². The molecule has 2 nitrogen and oxygen atoms in total. The van der Waals surface area contributed by atoms with E-state index in [4.69, 9.17) is 5.73 Å². The van der Waals surface area contributed by atoms with Gasteiger partial charge in [0.2, 0.25) is 0 Å². The molecule has 1 aromatic rings. The van der Waals surface area contributed by atoms with Gasteiger partial charge in [-0.3, -0.25) is 0 Å². The lowest BCUT2D eigenvalue weighted by molar-refractivity contribution is 0.230. The number of nitrogens with zero attached hydrogens (tertiary/aromatic N) is 1. The first-order valence-corrected chi connectivity index (χ1v) is 5.99. The van der Waals surface area contributed by atoms with Crippen LogP contribution < -0.4 is 5.73 Å². The van der Waals surface area contributed by atoms with Gasteiger partial charge >= 0.3 is 0 Å². The summed E-state index contributed by atoms with van der Waals surface area (Å²) < 4.78 is 0. The van der Waals surface area contributed by atoms with Gasteiger partial charge in [0, 0.05) is 12.5 Å². The van der Waals surface area contributed by atoms with Crippen molar-refractivity contribution in [2.24, 2.45) is 11.1 Å². The third-order valence-corrected chi connectivity index (χ3v) is 3.82. The first-order chi connectivity index (χ1) is 7.82. The van der Waals surface area contributed by atoms with Crippen molar-refractivity contribution in [3.05, 3.63) is 35.9 Å². The third kappa shape index (κ3) is 1.83. The minimum Gasteiger partial charge on any atom is -0.329 e. The summed E-state index contributed by atoms with van der Waals surface area (Å²) in [5.41, 5.74) is 6.79. The van der Waals surface area contributed by atoms with E-state index < -0.39 is 0 Å². The van der Waals surface area contributed by atoms with Gasteiger partial charge in [0.05, 0.1) is 11.5 Å². The van der Waals surface area contributed by atoms with Crippen LogP contribution in [0.25, 0.3) is 0 Å².